The molecule has 0 aliphatic carbocycles. The summed E-state index contributed by atoms with van der Waals surface area (Å²) in [6.07, 6.45) is 1.12. The van der Waals surface area contributed by atoms with Crippen molar-refractivity contribution in [3.05, 3.63) is 51.2 Å². The number of rotatable bonds is 6. The van der Waals surface area contributed by atoms with Gasteiger partial charge in [-0.3, -0.25) is 0 Å². The minimum Gasteiger partial charge on any atom is -0.496 e. The standard InChI is InChI=1S/C17H23NOS/c1-5-9-18-16(14-8-10-20-11-14)15-7-6-12(2)13(3)17(15)19-4/h6-8,10-11,16,18H,5,9H2,1-4H3. The van der Waals surface area contributed by atoms with Crippen LogP contribution in [0.4, 0.5) is 0 Å². The molecule has 3 heteroatoms. The molecule has 0 saturated carbocycles. The van der Waals surface area contributed by atoms with Crippen molar-refractivity contribution in [1.29, 1.82) is 0 Å². The van der Waals surface area contributed by atoms with Crippen LogP contribution >= 0.6 is 11.3 Å². The van der Waals surface area contributed by atoms with Crippen LogP contribution in [-0.2, 0) is 0 Å². The summed E-state index contributed by atoms with van der Waals surface area (Å²) in [5.74, 6) is 1.00. The second kappa shape index (κ2) is 6.91. The lowest BCUT2D eigenvalue weighted by Crippen LogP contribution is -2.23. The molecule has 0 bridgehead atoms. The van der Waals surface area contributed by atoms with E-state index in [1.54, 1.807) is 18.4 Å². The maximum atomic E-state index is 5.68. The van der Waals surface area contributed by atoms with Gasteiger partial charge in [0.1, 0.15) is 5.75 Å². The Bertz CT molecular complexity index is 548. The summed E-state index contributed by atoms with van der Waals surface area (Å²) >= 11 is 1.74. The molecule has 0 fully saturated rings. The zero-order valence-electron chi connectivity index (χ0n) is 12.7. The maximum Gasteiger partial charge on any atom is 0.127 e. The molecule has 1 N–H and O–H groups in total. The van der Waals surface area contributed by atoms with E-state index in [1.165, 1.54) is 22.3 Å². The van der Waals surface area contributed by atoms with Crippen molar-refractivity contribution in [3.8, 4) is 5.75 Å². The highest BCUT2D eigenvalue weighted by Crippen LogP contribution is 2.34. The van der Waals surface area contributed by atoms with E-state index in [4.69, 9.17) is 4.74 Å². The molecule has 0 radical (unpaired) electrons. The monoisotopic (exact) mass is 289 g/mol. The molecule has 1 aromatic heterocycles. The van der Waals surface area contributed by atoms with Crippen LogP contribution < -0.4 is 10.1 Å². The smallest absolute Gasteiger partial charge is 0.127 e. The third-order valence-electron chi connectivity index (χ3n) is 3.70. The number of benzene rings is 1. The number of nitrogens with one attached hydrogen (secondary N) is 1. The molecule has 0 aliphatic heterocycles. The Labute approximate surface area is 125 Å². The first-order valence-corrected chi connectivity index (χ1v) is 8.02. The molecule has 0 spiro atoms. The molecule has 1 unspecified atom stereocenters. The maximum absolute atomic E-state index is 5.68. The third kappa shape index (κ3) is 3.05. The van der Waals surface area contributed by atoms with Gasteiger partial charge in [-0.15, -0.1) is 0 Å². The van der Waals surface area contributed by atoms with Crippen LogP contribution in [0, 0.1) is 13.8 Å². The van der Waals surface area contributed by atoms with Crippen molar-refractivity contribution in [2.75, 3.05) is 13.7 Å². The minimum absolute atomic E-state index is 0.204. The molecule has 0 amide bonds. The molecule has 2 rings (SSSR count). The first kappa shape index (κ1) is 15.1. The zero-order chi connectivity index (χ0) is 14.5. The second-order valence-electron chi connectivity index (χ2n) is 5.07. The van der Waals surface area contributed by atoms with Crippen molar-refractivity contribution in [3.63, 3.8) is 0 Å². The molecule has 1 atom stereocenters. The van der Waals surface area contributed by atoms with Gasteiger partial charge in [0, 0.05) is 5.56 Å². The normalized spacial score (nSPS) is 12.4. The van der Waals surface area contributed by atoms with Crippen LogP contribution in [-0.4, -0.2) is 13.7 Å². The minimum atomic E-state index is 0.204. The topological polar surface area (TPSA) is 21.3 Å². The highest BCUT2D eigenvalue weighted by Gasteiger charge is 2.19. The van der Waals surface area contributed by atoms with Crippen molar-refractivity contribution < 1.29 is 4.74 Å². The van der Waals surface area contributed by atoms with Gasteiger partial charge in [0.2, 0.25) is 0 Å². The fourth-order valence-corrected chi connectivity index (χ4v) is 3.13. The van der Waals surface area contributed by atoms with Gasteiger partial charge in [0.05, 0.1) is 13.2 Å². The summed E-state index contributed by atoms with van der Waals surface area (Å²) < 4.78 is 5.68. The predicted octanol–water partition coefficient (Wildman–Crippen LogP) is 4.46. The largest absolute Gasteiger partial charge is 0.496 e. The molecule has 2 nitrogen and oxygen atoms in total. The van der Waals surface area contributed by atoms with E-state index in [2.05, 4.69) is 55.0 Å². The van der Waals surface area contributed by atoms with Crippen LogP contribution in [0.25, 0.3) is 0 Å². The summed E-state index contributed by atoms with van der Waals surface area (Å²) in [5.41, 5.74) is 5.03. The first-order chi connectivity index (χ1) is 9.69. The molecule has 0 saturated heterocycles. The van der Waals surface area contributed by atoms with E-state index in [-0.39, 0.29) is 6.04 Å². The molecule has 2 aromatic rings. The van der Waals surface area contributed by atoms with Gasteiger partial charge >= 0.3 is 0 Å². The van der Waals surface area contributed by atoms with E-state index in [0.717, 1.165) is 18.7 Å². The molecular formula is C17H23NOS. The van der Waals surface area contributed by atoms with Crippen molar-refractivity contribution in [2.24, 2.45) is 0 Å². The third-order valence-corrected chi connectivity index (χ3v) is 4.40. The highest BCUT2D eigenvalue weighted by molar-refractivity contribution is 7.08. The second-order valence-corrected chi connectivity index (χ2v) is 5.85. The van der Waals surface area contributed by atoms with Crippen molar-refractivity contribution in [2.45, 2.75) is 33.2 Å². The Morgan fingerprint density at radius 1 is 1.25 bits per heavy atom. The van der Waals surface area contributed by atoms with Crippen LogP contribution in [0.2, 0.25) is 0 Å². The van der Waals surface area contributed by atoms with Crippen LogP contribution in [0.5, 0.6) is 5.75 Å². The Kier molecular flexibility index (Phi) is 5.21. The van der Waals surface area contributed by atoms with Gasteiger partial charge in [0.25, 0.3) is 0 Å². The van der Waals surface area contributed by atoms with Gasteiger partial charge < -0.3 is 10.1 Å². The molecule has 108 valence electrons. The Morgan fingerprint density at radius 3 is 2.65 bits per heavy atom. The summed E-state index contributed by atoms with van der Waals surface area (Å²) in [6, 6.07) is 6.76. The van der Waals surface area contributed by atoms with E-state index in [0.29, 0.717) is 0 Å². The lowest BCUT2D eigenvalue weighted by Gasteiger charge is -2.22. The lowest BCUT2D eigenvalue weighted by molar-refractivity contribution is 0.400. The van der Waals surface area contributed by atoms with E-state index in [9.17, 15) is 0 Å². The van der Waals surface area contributed by atoms with Crippen LogP contribution in [0.1, 0.15) is 41.6 Å². The van der Waals surface area contributed by atoms with Gasteiger partial charge in [-0.2, -0.15) is 11.3 Å². The van der Waals surface area contributed by atoms with Gasteiger partial charge in [-0.1, -0.05) is 19.1 Å². The quantitative estimate of drug-likeness (QED) is 0.847. The highest BCUT2D eigenvalue weighted by atomic mass is 32.1. The van der Waals surface area contributed by atoms with Gasteiger partial charge in [-0.05, 0) is 60.3 Å². The van der Waals surface area contributed by atoms with Crippen LogP contribution in [0.3, 0.4) is 0 Å². The Morgan fingerprint density at radius 2 is 2.05 bits per heavy atom. The van der Waals surface area contributed by atoms with Crippen LogP contribution in [0.15, 0.2) is 29.0 Å². The lowest BCUT2D eigenvalue weighted by atomic mass is 9.95. The summed E-state index contributed by atoms with van der Waals surface area (Å²) in [6.45, 7) is 7.44. The molecule has 1 heterocycles. The molecule has 0 aliphatic rings. The number of aryl methyl sites for hydroxylation is 1. The summed E-state index contributed by atoms with van der Waals surface area (Å²) in [7, 11) is 1.76. The fourth-order valence-electron chi connectivity index (χ4n) is 2.44. The number of methoxy groups -OCH3 is 1. The van der Waals surface area contributed by atoms with Crippen molar-refractivity contribution in [1.82, 2.24) is 5.32 Å². The number of ether oxygens (including phenoxy) is 1. The first-order valence-electron chi connectivity index (χ1n) is 7.08. The average Bonchev–Trinajstić information content (AvgIpc) is 2.97. The average molecular weight is 289 g/mol. The molecule has 20 heavy (non-hydrogen) atoms. The SMILES string of the molecule is CCCNC(c1ccsc1)c1ccc(C)c(C)c1OC. The summed E-state index contributed by atoms with van der Waals surface area (Å²) in [4.78, 5) is 0. The predicted molar refractivity (Wildman–Crippen MR) is 86.9 cm³/mol. The van der Waals surface area contributed by atoms with E-state index >= 15 is 0 Å². The van der Waals surface area contributed by atoms with Gasteiger partial charge in [-0.25, -0.2) is 0 Å². The zero-order valence-corrected chi connectivity index (χ0v) is 13.5. The van der Waals surface area contributed by atoms with Gasteiger partial charge in [0.15, 0.2) is 0 Å². The number of hydrogen-bond donors (Lipinski definition) is 1. The van der Waals surface area contributed by atoms with E-state index < -0.39 is 0 Å². The fraction of sp³-hybridized carbons (Fsp3) is 0.412. The van der Waals surface area contributed by atoms with E-state index in [1.807, 2.05) is 0 Å². The Hall–Kier alpha value is -1.32. The Balaban J connectivity index is 2.46. The molecule has 1 aromatic carbocycles. The molecular weight excluding hydrogens is 266 g/mol. The number of hydrogen-bond acceptors (Lipinski definition) is 3. The number of thiophene rings is 1. The summed E-state index contributed by atoms with van der Waals surface area (Å²) in [5, 5.41) is 7.97. The van der Waals surface area contributed by atoms with Crippen molar-refractivity contribution >= 4 is 11.3 Å².